The molecule has 15 heavy (non-hydrogen) atoms. The third-order valence-corrected chi connectivity index (χ3v) is 2.79. The second kappa shape index (κ2) is 4.22. The summed E-state index contributed by atoms with van der Waals surface area (Å²) in [5.74, 6) is 0. The van der Waals surface area contributed by atoms with Crippen LogP contribution in [0.5, 0.6) is 0 Å². The van der Waals surface area contributed by atoms with E-state index in [-0.39, 0.29) is 0 Å². The fourth-order valence-corrected chi connectivity index (χ4v) is 1.89. The summed E-state index contributed by atoms with van der Waals surface area (Å²) < 4.78 is 0. The first kappa shape index (κ1) is 9.85. The van der Waals surface area contributed by atoms with Gasteiger partial charge in [-0.05, 0) is 24.6 Å². The lowest BCUT2D eigenvalue weighted by molar-refractivity contribution is 0.363. The highest BCUT2D eigenvalue weighted by atomic mass is 15.3. The largest absolute Gasteiger partial charge is 0.368 e. The molecule has 0 saturated carbocycles. The van der Waals surface area contributed by atoms with Crippen LogP contribution < -0.4 is 4.90 Å². The van der Waals surface area contributed by atoms with E-state index in [4.69, 9.17) is 5.26 Å². The minimum Gasteiger partial charge on any atom is -0.368 e. The molecule has 0 atom stereocenters. The quantitative estimate of drug-likeness (QED) is 0.646. The van der Waals surface area contributed by atoms with Crippen molar-refractivity contribution in [2.75, 3.05) is 31.1 Å². The van der Waals surface area contributed by atoms with Crippen LogP contribution in [0.2, 0.25) is 0 Å². The molecule has 1 heterocycles. The molecule has 1 fully saturated rings. The number of benzene rings is 1. The van der Waals surface area contributed by atoms with E-state index < -0.39 is 0 Å². The molecule has 2 rings (SSSR count). The van der Waals surface area contributed by atoms with E-state index in [9.17, 15) is 0 Å². The number of hydrogen-bond acceptors (Lipinski definition) is 3. The summed E-state index contributed by atoms with van der Waals surface area (Å²) in [5.41, 5.74) is 2.56. The lowest BCUT2D eigenvalue weighted by Crippen LogP contribution is -2.44. The van der Waals surface area contributed by atoms with Gasteiger partial charge in [0.1, 0.15) is 0 Å². The average molecular weight is 201 g/mol. The van der Waals surface area contributed by atoms with Crippen molar-refractivity contribution in [2.24, 2.45) is 0 Å². The van der Waals surface area contributed by atoms with E-state index in [0.717, 1.165) is 26.2 Å². The van der Waals surface area contributed by atoms with Crippen molar-refractivity contribution in [2.45, 2.75) is 6.92 Å². The molecule has 1 aliphatic rings. The highest BCUT2D eigenvalue weighted by Crippen LogP contribution is 2.17. The van der Waals surface area contributed by atoms with Crippen molar-refractivity contribution in [1.29, 1.82) is 5.26 Å². The van der Waals surface area contributed by atoms with Crippen LogP contribution in [0.25, 0.3) is 0 Å². The lowest BCUT2D eigenvalue weighted by atomic mass is 10.2. The summed E-state index contributed by atoms with van der Waals surface area (Å²) in [6, 6.07) is 8.52. The van der Waals surface area contributed by atoms with Crippen LogP contribution in [0.3, 0.4) is 0 Å². The Labute approximate surface area is 90.5 Å². The van der Waals surface area contributed by atoms with Gasteiger partial charge in [0, 0.05) is 31.9 Å². The van der Waals surface area contributed by atoms with Crippen LogP contribution in [0.4, 0.5) is 5.69 Å². The Balaban J connectivity index is 2.05. The predicted molar refractivity (Wildman–Crippen MR) is 60.6 cm³/mol. The van der Waals surface area contributed by atoms with Gasteiger partial charge < -0.3 is 9.80 Å². The maximum absolute atomic E-state index is 8.75. The van der Waals surface area contributed by atoms with Gasteiger partial charge in [0.2, 0.25) is 0 Å². The minimum absolute atomic E-state index is 0.838. The molecule has 3 heteroatoms. The fraction of sp³-hybridized carbons (Fsp3) is 0.417. The molecule has 0 spiro atoms. The van der Waals surface area contributed by atoms with Gasteiger partial charge in [0.05, 0.1) is 0 Å². The highest BCUT2D eigenvalue weighted by molar-refractivity contribution is 5.48. The average Bonchev–Trinajstić information content (AvgIpc) is 2.29. The first-order valence-electron chi connectivity index (χ1n) is 5.26. The van der Waals surface area contributed by atoms with Crippen LogP contribution in [-0.2, 0) is 0 Å². The van der Waals surface area contributed by atoms with Crippen molar-refractivity contribution in [1.82, 2.24) is 4.90 Å². The number of aryl methyl sites for hydroxylation is 1. The number of rotatable bonds is 1. The summed E-state index contributed by atoms with van der Waals surface area (Å²) in [6.45, 7) is 5.66. The summed E-state index contributed by atoms with van der Waals surface area (Å²) in [6.07, 6.45) is 2.19. The summed E-state index contributed by atoms with van der Waals surface area (Å²) in [5, 5.41) is 8.75. The Hall–Kier alpha value is -1.69. The summed E-state index contributed by atoms with van der Waals surface area (Å²) in [7, 11) is 0. The Morgan fingerprint density at radius 1 is 1.20 bits per heavy atom. The van der Waals surface area contributed by atoms with Crippen LogP contribution >= 0.6 is 0 Å². The van der Waals surface area contributed by atoms with Crippen LogP contribution in [-0.4, -0.2) is 31.1 Å². The minimum atomic E-state index is 0.838. The van der Waals surface area contributed by atoms with Crippen LogP contribution in [0.15, 0.2) is 24.3 Å². The maximum Gasteiger partial charge on any atom is 0.179 e. The van der Waals surface area contributed by atoms with Crippen molar-refractivity contribution in [3.05, 3.63) is 29.8 Å². The normalized spacial score (nSPS) is 16.3. The number of anilines is 1. The smallest absolute Gasteiger partial charge is 0.179 e. The Kier molecular flexibility index (Phi) is 2.77. The second-order valence-corrected chi connectivity index (χ2v) is 3.91. The molecule has 0 amide bonds. The molecule has 0 aromatic heterocycles. The fourth-order valence-electron chi connectivity index (χ4n) is 1.89. The van der Waals surface area contributed by atoms with E-state index in [1.807, 2.05) is 4.90 Å². The van der Waals surface area contributed by atoms with Gasteiger partial charge in [0.15, 0.2) is 6.19 Å². The molecule has 1 aliphatic heterocycles. The molecule has 0 N–H and O–H groups in total. The SMILES string of the molecule is Cc1cccc(N2CCN(C#N)CC2)c1. The summed E-state index contributed by atoms with van der Waals surface area (Å²) >= 11 is 0. The molecule has 1 aromatic rings. The first-order valence-corrected chi connectivity index (χ1v) is 5.26. The van der Waals surface area contributed by atoms with Crippen molar-refractivity contribution >= 4 is 5.69 Å². The monoisotopic (exact) mass is 201 g/mol. The zero-order chi connectivity index (χ0) is 10.7. The Morgan fingerprint density at radius 3 is 2.53 bits per heavy atom. The zero-order valence-corrected chi connectivity index (χ0v) is 8.98. The van der Waals surface area contributed by atoms with Gasteiger partial charge in [-0.25, -0.2) is 0 Å². The summed E-state index contributed by atoms with van der Waals surface area (Å²) in [4.78, 5) is 4.15. The third-order valence-electron chi connectivity index (χ3n) is 2.79. The van der Waals surface area contributed by atoms with Crippen molar-refractivity contribution < 1.29 is 0 Å². The number of hydrogen-bond donors (Lipinski definition) is 0. The van der Waals surface area contributed by atoms with Gasteiger partial charge in [-0.2, -0.15) is 5.26 Å². The molecule has 1 aromatic carbocycles. The maximum atomic E-state index is 8.75. The van der Waals surface area contributed by atoms with E-state index in [1.54, 1.807) is 0 Å². The van der Waals surface area contributed by atoms with Gasteiger partial charge in [-0.15, -0.1) is 0 Å². The zero-order valence-electron chi connectivity index (χ0n) is 8.98. The van der Waals surface area contributed by atoms with E-state index in [0.29, 0.717) is 0 Å². The lowest BCUT2D eigenvalue weighted by Gasteiger charge is -2.33. The second-order valence-electron chi connectivity index (χ2n) is 3.91. The molecule has 3 nitrogen and oxygen atoms in total. The molecule has 78 valence electrons. The third kappa shape index (κ3) is 2.21. The van der Waals surface area contributed by atoms with Gasteiger partial charge in [0.25, 0.3) is 0 Å². The van der Waals surface area contributed by atoms with Crippen LogP contribution in [0.1, 0.15) is 5.56 Å². The number of nitrogens with zero attached hydrogens (tertiary/aromatic N) is 3. The number of piperazine rings is 1. The highest BCUT2D eigenvalue weighted by Gasteiger charge is 2.15. The Bertz CT molecular complexity index is 373. The van der Waals surface area contributed by atoms with E-state index in [2.05, 4.69) is 42.3 Å². The molecule has 0 unspecified atom stereocenters. The molecular formula is C12H15N3. The van der Waals surface area contributed by atoms with Gasteiger partial charge in [-0.1, -0.05) is 12.1 Å². The van der Waals surface area contributed by atoms with Crippen LogP contribution in [0, 0.1) is 18.4 Å². The number of nitriles is 1. The molecular weight excluding hydrogens is 186 g/mol. The molecule has 1 saturated heterocycles. The van der Waals surface area contributed by atoms with E-state index in [1.165, 1.54) is 11.3 Å². The van der Waals surface area contributed by atoms with Gasteiger partial charge in [-0.3, -0.25) is 0 Å². The van der Waals surface area contributed by atoms with Crippen molar-refractivity contribution in [3.63, 3.8) is 0 Å². The topological polar surface area (TPSA) is 30.3 Å². The predicted octanol–water partition coefficient (Wildman–Crippen LogP) is 1.60. The first-order chi connectivity index (χ1) is 7.29. The van der Waals surface area contributed by atoms with Gasteiger partial charge >= 0.3 is 0 Å². The molecule has 0 radical (unpaired) electrons. The molecule has 0 aliphatic carbocycles. The standard InChI is InChI=1S/C12H15N3/c1-11-3-2-4-12(9-11)15-7-5-14(10-13)6-8-15/h2-4,9H,5-8H2,1H3. The van der Waals surface area contributed by atoms with Crippen molar-refractivity contribution in [3.8, 4) is 6.19 Å². The Morgan fingerprint density at radius 2 is 1.93 bits per heavy atom. The van der Waals surface area contributed by atoms with E-state index >= 15 is 0 Å². The molecule has 0 bridgehead atoms.